The molecular formula is C31H31ClN4O4S. The van der Waals surface area contributed by atoms with E-state index in [1.54, 1.807) is 23.8 Å². The zero-order valence-corrected chi connectivity index (χ0v) is 24.7. The molecule has 0 spiro atoms. The van der Waals surface area contributed by atoms with Gasteiger partial charge in [0.1, 0.15) is 18.1 Å². The Kier molecular flexibility index (Phi) is 8.97. The van der Waals surface area contributed by atoms with E-state index in [2.05, 4.69) is 5.32 Å². The van der Waals surface area contributed by atoms with Crippen LogP contribution in [0.25, 0.3) is 16.9 Å². The Morgan fingerprint density at radius 3 is 2.51 bits per heavy atom. The zero-order valence-electron chi connectivity index (χ0n) is 23.1. The molecule has 2 amide bonds. The Labute approximate surface area is 248 Å². The first-order chi connectivity index (χ1) is 19.9. The number of carbonyl (C=O) groups excluding carboxylic acids is 2. The van der Waals surface area contributed by atoms with E-state index < -0.39 is 0 Å². The van der Waals surface area contributed by atoms with Crippen LogP contribution in [0.1, 0.15) is 21.9 Å². The van der Waals surface area contributed by atoms with Crippen LogP contribution in [0.3, 0.4) is 0 Å². The number of benzene rings is 3. The van der Waals surface area contributed by atoms with Crippen molar-refractivity contribution >= 4 is 41.0 Å². The van der Waals surface area contributed by atoms with Crippen LogP contribution in [0.2, 0.25) is 5.02 Å². The molecule has 1 aromatic heterocycles. The Morgan fingerprint density at radius 1 is 1.07 bits per heavy atom. The van der Waals surface area contributed by atoms with Gasteiger partial charge in [-0.1, -0.05) is 59.6 Å². The number of carbonyl (C=O) groups is 2. The van der Waals surface area contributed by atoms with E-state index in [9.17, 15) is 9.59 Å². The number of fused-ring (bicyclic) bond motifs is 1. The molecule has 10 heteroatoms. The van der Waals surface area contributed by atoms with Gasteiger partial charge in [-0.05, 0) is 37.3 Å². The molecule has 0 aliphatic carbocycles. The molecule has 0 saturated carbocycles. The van der Waals surface area contributed by atoms with E-state index in [1.807, 2.05) is 79.7 Å². The summed E-state index contributed by atoms with van der Waals surface area (Å²) < 4.78 is 12.6. The molecule has 5 rings (SSSR count). The summed E-state index contributed by atoms with van der Waals surface area (Å²) in [7, 11) is 3.21. The number of halogens is 1. The third-order valence-electron chi connectivity index (χ3n) is 6.84. The molecule has 2 heterocycles. The van der Waals surface area contributed by atoms with E-state index in [0.29, 0.717) is 35.4 Å². The van der Waals surface area contributed by atoms with Crippen molar-refractivity contribution in [1.82, 2.24) is 15.1 Å². The molecule has 41 heavy (non-hydrogen) atoms. The van der Waals surface area contributed by atoms with Crippen LogP contribution >= 0.6 is 23.4 Å². The minimum atomic E-state index is -0.309. The van der Waals surface area contributed by atoms with Crippen molar-refractivity contribution in [3.63, 3.8) is 0 Å². The standard InChI is InChI=1S/C31H31ClN4O4S/c1-20-8-14-23(15-9-20)36-31-28(29(34-36)21-10-12-22(32)13-11-21)30(24-6-4-5-7-25(24)40-3)41-19-27(38)35(31)18-26(37)33-16-17-39-2/h4-15,30H,16-19H2,1-3H3,(H,33,37)/t30-/m0/s1. The van der Waals surface area contributed by atoms with Gasteiger partial charge in [0.2, 0.25) is 11.8 Å². The number of methoxy groups -OCH3 is 2. The number of nitrogens with one attached hydrogen (secondary N) is 1. The van der Waals surface area contributed by atoms with Gasteiger partial charge < -0.3 is 14.8 Å². The minimum Gasteiger partial charge on any atom is -0.496 e. The Balaban J connectivity index is 1.77. The van der Waals surface area contributed by atoms with Crippen LogP contribution in [0, 0.1) is 6.92 Å². The maximum atomic E-state index is 13.8. The monoisotopic (exact) mass is 590 g/mol. The first kappa shape index (κ1) is 28.7. The topological polar surface area (TPSA) is 85.7 Å². The normalized spacial score (nSPS) is 14.9. The van der Waals surface area contributed by atoms with Gasteiger partial charge in [0.25, 0.3) is 0 Å². The van der Waals surface area contributed by atoms with Crippen molar-refractivity contribution in [2.24, 2.45) is 0 Å². The predicted molar refractivity (Wildman–Crippen MR) is 163 cm³/mol. The van der Waals surface area contributed by atoms with E-state index >= 15 is 0 Å². The number of amides is 2. The van der Waals surface area contributed by atoms with Crippen molar-refractivity contribution in [2.45, 2.75) is 12.2 Å². The van der Waals surface area contributed by atoms with Gasteiger partial charge in [-0.15, -0.1) is 11.8 Å². The van der Waals surface area contributed by atoms with Gasteiger partial charge in [-0.3, -0.25) is 14.5 Å². The number of aryl methyl sites for hydroxylation is 1. The maximum Gasteiger partial charge on any atom is 0.240 e. The number of nitrogens with zero attached hydrogens (tertiary/aromatic N) is 3. The van der Waals surface area contributed by atoms with Gasteiger partial charge in [0.15, 0.2) is 0 Å². The number of aromatic nitrogens is 2. The number of ether oxygens (including phenoxy) is 2. The highest BCUT2D eigenvalue weighted by Gasteiger charge is 2.38. The number of hydrogen-bond acceptors (Lipinski definition) is 6. The van der Waals surface area contributed by atoms with Crippen LogP contribution in [0.4, 0.5) is 5.82 Å². The molecule has 212 valence electrons. The van der Waals surface area contributed by atoms with E-state index in [0.717, 1.165) is 27.9 Å². The summed E-state index contributed by atoms with van der Waals surface area (Å²) in [6, 6.07) is 23.2. The molecule has 0 saturated heterocycles. The first-order valence-electron chi connectivity index (χ1n) is 13.2. The van der Waals surface area contributed by atoms with E-state index in [-0.39, 0.29) is 29.4 Å². The van der Waals surface area contributed by atoms with Crippen LogP contribution in [0.5, 0.6) is 5.75 Å². The van der Waals surface area contributed by atoms with Gasteiger partial charge in [0, 0.05) is 35.4 Å². The number of anilines is 1. The summed E-state index contributed by atoms with van der Waals surface area (Å²) in [6.45, 7) is 2.57. The molecule has 0 fully saturated rings. The second kappa shape index (κ2) is 12.8. The van der Waals surface area contributed by atoms with E-state index in [4.69, 9.17) is 26.2 Å². The smallest absolute Gasteiger partial charge is 0.240 e. The average Bonchev–Trinajstić information content (AvgIpc) is 3.30. The second-order valence-corrected chi connectivity index (χ2v) is 11.1. The molecule has 0 unspecified atom stereocenters. The van der Waals surface area contributed by atoms with Gasteiger partial charge in [-0.2, -0.15) is 5.10 Å². The molecule has 1 aliphatic heterocycles. The van der Waals surface area contributed by atoms with Crippen molar-refractivity contribution in [2.75, 3.05) is 44.6 Å². The van der Waals surface area contributed by atoms with Crippen LogP contribution < -0.4 is 15.0 Å². The zero-order chi connectivity index (χ0) is 28.9. The Hall–Kier alpha value is -3.79. The van der Waals surface area contributed by atoms with Gasteiger partial charge in [-0.25, -0.2) is 4.68 Å². The third kappa shape index (κ3) is 6.12. The van der Waals surface area contributed by atoms with E-state index in [1.165, 1.54) is 11.8 Å². The highest BCUT2D eigenvalue weighted by Crippen LogP contribution is 2.50. The van der Waals surface area contributed by atoms with Crippen molar-refractivity contribution in [1.29, 1.82) is 0 Å². The largest absolute Gasteiger partial charge is 0.496 e. The summed E-state index contributed by atoms with van der Waals surface area (Å²) in [5, 5.41) is 8.25. The number of hydrogen-bond donors (Lipinski definition) is 1. The third-order valence-corrected chi connectivity index (χ3v) is 8.33. The van der Waals surface area contributed by atoms with Crippen LogP contribution in [-0.2, 0) is 14.3 Å². The Morgan fingerprint density at radius 2 is 1.80 bits per heavy atom. The molecule has 1 aliphatic rings. The van der Waals surface area contributed by atoms with Crippen molar-refractivity contribution in [3.8, 4) is 22.7 Å². The van der Waals surface area contributed by atoms with Crippen molar-refractivity contribution < 1.29 is 19.1 Å². The first-order valence-corrected chi connectivity index (χ1v) is 14.6. The lowest BCUT2D eigenvalue weighted by atomic mass is 9.99. The second-order valence-electron chi connectivity index (χ2n) is 9.60. The summed E-state index contributed by atoms with van der Waals surface area (Å²) in [5.74, 6) is 0.945. The molecule has 3 aromatic carbocycles. The van der Waals surface area contributed by atoms with Crippen molar-refractivity contribution in [3.05, 3.63) is 94.5 Å². The molecule has 1 N–H and O–H groups in total. The SMILES string of the molecule is COCCNC(=O)CN1C(=O)CS[C@@H](c2ccccc2OC)c2c(-c3ccc(Cl)cc3)nn(-c3ccc(C)cc3)c21. The molecule has 0 radical (unpaired) electrons. The quantitative estimate of drug-likeness (QED) is 0.261. The van der Waals surface area contributed by atoms with Gasteiger partial charge in [0.05, 0.1) is 36.1 Å². The molecule has 4 aromatic rings. The fourth-order valence-electron chi connectivity index (χ4n) is 4.83. The minimum absolute atomic E-state index is 0.160. The number of rotatable bonds is 9. The summed E-state index contributed by atoms with van der Waals surface area (Å²) >= 11 is 7.74. The fourth-order valence-corrected chi connectivity index (χ4v) is 6.18. The maximum absolute atomic E-state index is 13.8. The summed E-state index contributed by atoms with van der Waals surface area (Å²) in [5.41, 5.74) is 5.14. The number of para-hydroxylation sites is 1. The fraction of sp³-hybridized carbons (Fsp3) is 0.258. The average molecular weight is 591 g/mol. The highest BCUT2D eigenvalue weighted by atomic mass is 35.5. The lowest BCUT2D eigenvalue weighted by Gasteiger charge is -2.23. The molecular weight excluding hydrogens is 560 g/mol. The van der Waals surface area contributed by atoms with Crippen LogP contribution in [0.15, 0.2) is 72.8 Å². The molecule has 8 nitrogen and oxygen atoms in total. The lowest BCUT2D eigenvalue weighted by molar-refractivity contribution is -0.123. The highest BCUT2D eigenvalue weighted by molar-refractivity contribution is 8.00. The van der Waals surface area contributed by atoms with Crippen LogP contribution in [-0.4, -0.2) is 61.3 Å². The number of thioether (sulfide) groups is 1. The predicted octanol–water partition coefficient (Wildman–Crippen LogP) is 5.44. The molecule has 0 bridgehead atoms. The van der Waals surface area contributed by atoms with Gasteiger partial charge >= 0.3 is 0 Å². The lowest BCUT2D eigenvalue weighted by Crippen LogP contribution is -2.43. The summed E-state index contributed by atoms with van der Waals surface area (Å²) in [6.07, 6.45) is 0. The Bertz CT molecular complexity index is 1540. The summed E-state index contributed by atoms with van der Waals surface area (Å²) in [4.78, 5) is 28.4. The molecule has 1 atom stereocenters.